The molecule has 0 unspecified atom stereocenters. The number of carbonyl (C=O) groups is 2. The van der Waals surface area contributed by atoms with E-state index in [4.69, 9.17) is 9.52 Å². The second-order valence-corrected chi connectivity index (χ2v) is 3.58. The molecule has 0 bridgehead atoms. The van der Waals surface area contributed by atoms with Crippen LogP contribution in [-0.4, -0.2) is 33.8 Å². The summed E-state index contributed by atoms with van der Waals surface area (Å²) >= 11 is 0. The van der Waals surface area contributed by atoms with Crippen molar-refractivity contribution in [2.45, 2.75) is 6.54 Å². The fraction of sp³-hybridized carbons (Fsp3) is 0.182. The van der Waals surface area contributed by atoms with Gasteiger partial charge in [0.2, 0.25) is 0 Å². The van der Waals surface area contributed by atoms with Gasteiger partial charge in [0.25, 0.3) is 5.91 Å². The highest BCUT2D eigenvalue weighted by Crippen LogP contribution is 2.09. The first-order valence-corrected chi connectivity index (χ1v) is 5.16. The van der Waals surface area contributed by atoms with E-state index < -0.39 is 5.97 Å². The summed E-state index contributed by atoms with van der Waals surface area (Å²) in [5.41, 5.74) is 0.381. The number of carbonyl (C=O) groups excluding carboxylic acids is 1. The van der Waals surface area contributed by atoms with Gasteiger partial charge in [0.1, 0.15) is 17.7 Å². The number of amides is 1. The SMILES string of the molecule is CNC(=O)c1ccn(Cc2cc(C(=O)O)co2)n1. The molecule has 0 aromatic carbocycles. The molecule has 7 heteroatoms. The number of carboxylic acid groups (broad SMARTS) is 1. The summed E-state index contributed by atoms with van der Waals surface area (Å²) in [7, 11) is 1.52. The molecular formula is C11H11N3O4. The van der Waals surface area contributed by atoms with Crippen molar-refractivity contribution in [3.63, 3.8) is 0 Å². The van der Waals surface area contributed by atoms with Crippen LogP contribution in [0.3, 0.4) is 0 Å². The van der Waals surface area contributed by atoms with Gasteiger partial charge >= 0.3 is 5.97 Å². The van der Waals surface area contributed by atoms with Gasteiger partial charge in [0.15, 0.2) is 0 Å². The van der Waals surface area contributed by atoms with E-state index in [9.17, 15) is 9.59 Å². The summed E-state index contributed by atoms with van der Waals surface area (Å²) in [4.78, 5) is 21.9. The number of carboxylic acids is 1. The first-order chi connectivity index (χ1) is 8.60. The van der Waals surface area contributed by atoms with Crippen LogP contribution in [0.5, 0.6) is 0 Å². The van der Waals surface area contributed by atoms with E-state index in [1.165, 1.54) is 24.1 Å². The second-order valence-electron chi connectivity index (χ2n) is 3.58. The first-order valence-electron chi connectivity index (χ1n) is 5.16. The maximum Gasteiger partial charge on any atom is 0.338 e. The van der Waals surface area contributed by atoms with Gasteiger partial charge in [0.05, 0.1) is 12.1 Å². The highest BCUT2D eigenvalue weighted by atomic mass is 16.4. The maximum atomic E-state index is 11.3. The molecule has 0 aliphatic carbocycles. The lowest BCUT2D eigenvalue weighted by Gasteiger charge is -1.97. The monoisotopic (exact) mass is 249 g/mol. The number of nitrogens with zero attached hydrogens (tertiary/aromatic N) is 2. The molecule has 0 aliphatic heterocycles. The highest BCUT2D eigenvalue weighted by molar-refractivity contribution is 5.91. The molecule has 2 aromatic heterocycles. The van der Waals surface area contributed by atoms with Crippen LogP contribution < -0.4 is 5.32 Å². The number of aromatic nitrogens is 2. The van der Waals surface area contributed by atoms with Gasteiger partial charge in [0, 0.05) is 13.2 Å². The highest BCUT2D eigenvalue weighted by Gasteiger charge is 2.11. The molecule has 2 aromatic rings. The van der Waals surface area contributed by atoms with Crippen molar-refractivity contribution in [2.24, 2.45) is 0 Å². The van der Waals surface area contributed by atoms with E-state index in [0.29, 0.717) is 11.5 Å². The van der Waals surface area contributed by atoms with Crippen molar-refractivity contribution in [2.75, 3.05) is 7.05 Å². The standard InChI is InChI=1S/C11H11N3O4/c1-12-10(15)9-2-3-14(13-9)5-8-4-7(6-18-8)11(16)17/h2-4,6H,5H2,1H3,(H,12,15)(H,16,17). The molecule has 0 saturated carbocycles. The molecule has 2 rings (SSSR count). The molecule has 7 nitrogen and oxygen atoms in total. The molecule has 0 fully saturated rings. The van der Waals surface area contributed by atoms with Gasteiger partial charge in [-0.2, -0.15) is 5.10 Å². The molecule has 0 spiro atoms. The van der Waals surface area contributed by atoms with Crippen molar-refractivity contribution >= 4 is 11.9 Å². The van der Waals surface area contributed by atoms with Crippen molar-refractivity contribution in [3.8, 4) is 0 Å². The van der Waals surface area contributed by atoms with Gasteiger partial charge < -0.3 is 14.8 Å². The second kappa shape index (κ2) is 4.74. The van der Waals surface area contributed by atoms with Gasteiger partial charge in [-0.3, -0.25) is 9.48 Å². The zero-order chi connectivity index (χ0) is 13.1. The summed E-state index contributed by atoms with van der Waals surface area (Å²) < 4.78 is 6.58. The minimum atomic E-state index is -1.04. The van der Waals surface area contributed by atoms with Gasteiger partial charge in [-0.05, 0) is 12.1 Å². The number of hydrogen-bond donors (Lipinski definition) is 2. The molecule has 0 aliphatic rings. The third kappa shape index (κ3) is 2.40. The van der Waals surface area contributed by atoms with Gasteiger partial charge in [-0.25, -0.2) is 4.79 Å². The molecule has 18 heavy (non-hydrogen) atoms. The van der Waals surface area contributed by atoms with Crippen LogP contribution in [0, 0.1) is 0 Å². The largest absolute Gasteiger partial charge is 0.478 e. The Bertz CT molecular complexity index is 585. The Balaban J connectivity index is 2.11. The quantitative estimate of drug-likeness (QED) is 0.826. The number of aromatic carboxylic acids is 1. The lowest BCUT2D eigenvalue weighted by atomic mass is 10.3. The number of nitrogens with one attached hydrogen (secondary N) is 1. The van der Waals surface area contributed by atoms with Crippen LogP contribution in [0.4, 0.5) is 0 Å². The summed E-state index contributed by atoms with van der Waals surface area (Å²) in [6.07, 6.45) is 2.79. The van der Waals surface area contributed by atoms with Crippen molar-refractivity contribution in [1.82, 2.24) is 15.1 Å². The predicted octanol–water partition coefficient (Wildman–Crippen LogP) is 0.582. The lowest BCUT2D eigenvalue weighted by Crippen LogP contribution is -2.18. The summed E-state index contributed by atoms with van der Waals surface area (Å²) in [5, 5.41) is 15.2. The number of furan rings is 1. The Morgan fingerprint density at radius 2 is 2.33 bits per heavy atom. The smallest absolute Gasteiger partial charge is 0.338 e. The average molecular weight is 249 g/mol. The first kappa shape index (κ1) is 11.9. The Labute approximate surface area is 102 Å². The lowest BCUT2D eigenvalue weighted by molar-refractivity contribution is 0.0696. The fourth-order valence-corrected chi connectivity index (χ4v) is 1.43. The van der Waals surface area contributed by atoms with E-state index in [1.54, 1.807) is 12.3 Å². The number of rotatable bonds is 4. The van der Waals surface area contributed by atoms with Crippen molar-refractivity contribution in [1.29, 1.82) is 0 Å². The minimum Gasteiger partial charge on any atom is -0.478 e. The zero-order valence-corrected chi connectivity index (χ0v) is 9.58. The van der Waals surface area contributed by atoms with E-state index in [1.807, 2.05) is 0 Å². The minimum absolute atomic E-state index is 0.0867. The Morgan fingerprint density at radius 1 is 1.56 bits per heavy atom. The molecule has 0 atom stereocenters. The van der Waals surface area contributed by atoms with E-state index in [-0.39, 0.29) is 18.0 Å². The summed E-state index contributed by atoms with van der Waals surface area (Å²) in [6.45, 7) is 0.268. The molecular weight excluding hydrogens is 238 g/mol. The van der Waals surface area contributed by atoms with Crippen molar-refractivity contribution < 1.29 is 19.1 Å². The molecule has 0 saturated heterocycles. The molecule has 94 valence electrons. The van der Waals surface area contributed by atoms with Crippen molar-refractivity contribution in [3.05, 3.63) is 41.6 Å². The third-order valence-electron chi connectivity index (χ3n) is 2.32. The van der Waals surface area contributed by atoms with E-state index >= 15 is 0 Å². The van der Waals surface area contributed by atoms with E-state index in [0.717, 1.165) is 0 Å². The van der Waals surface area contributed by atoms with Crippen LogP contribution in [0.15, 0.2) is 29.0 Å². The zero-order valence-electron chi connectivity index (χ0n) is 9.58. The van der Waals surface area contributed by atoms with Gasteiger partial charge in [-0.15, -0.1) is 0 Å². The Kier molecular flexibility index (Phi) is 3.13. The van der Waals surface area contributed by atoms with Crippen LogP contribution >= 0.6 is 0 Å². The maximum absolute atomic E-state index is 11.3. The average Bonchev–Trinajstić information content (AvgIpc) is 2.98. The van der Waals surface area contributed by atoms with Crippen LogP contribution in [0.1, 0.15) is 26.6 Å². The fourth-order valence-electron chi connectivity index (χ4n) is 1.43. The summed E-state index contributed by atoms with van der Waals surface area (Å²) in [6, 6.07) is 2.99. The van der Waals surface area contributed by atoms with Crippen LogP contribution in [-0.2, 0) is 6.54 Å². The van der Waals surface area contributed by atoms with Gasteiger partial charge in [-0.1, -0.05) is 0 Å². The predicted molar refractivity (Wildman–Crippen MR) is 60.4 cm³/mol. The Hall–Kier alpha value is -2.57. The normalized spacial score (nSPS) is 10.3. The summed E-state index contributed by atoms with van der Waals surface area (Å²) in [5.74, 6) is -0.866. The van der Waals surface area contributed by atoms with Crippen LogP contribution in [0.25, 0.3) is 0 Å². The molecule has 1 amide bonds. The molecule has 2 heterocycles. The van der Waals surface area contributed by atoms with E-state index in [2.05, 4.69) is 10.4 Å². The third-order valence-corrected chi connectivity index (χ3v) is 2.32. The molecule has 0 radical (unpaired) electrons. The Morgan fingerprint density at radius 3 is 2.94 bits per heavy atom. The topological polar surface area (TPSA) is 97.4 Å². The molecule has 2 N–H and O–H groups in total. The van der Waals surface area contributed by atoms with Crippen LogP contribution in [0.2, 0.25) is 0 Å². The number of hydrogen-bond acceptors (Lipinski definition) is 4.